The summed E-state index contributed by atoms with van der Waals surface area (Å²) in [7, 11) is 0. The standard InChI is InChI=1S/C17H24N6OS/c1-17(11-18,12-4-5-12)19-14(24)10-25-16-21-20-15(22-8-2-3-9-22)23(16)13-6-7-13/h12-13H,2-10H2,1H3,(H,19,24). The van der Waals surface area contributed by atoms with Crippen molar-refractivity contribution in [3.05, 3.63) is 0 Å². The molecule has 0 radical (unpaired) electrons. The molecule has 2 heterocycles. The maximum absolute atomic E-state index is 12.3. The highest BCUT2D eigenvalue weighted by atomic mass is 32.2. The molecule has 1 unspecified atom stereocenters. The van der Waals surface area contributed by atoms with Gasteiger partial charge in [0.05, 0.1) is 11.8 Å². The molecule has 8 heteroatoms. The molecule has 3 fully saturated rings. The van der Waals surface area contributed by atoms with E-state index in [9.17, 15) is 10.1 Å². The highest BCUT2D eigenvalue weighted by Crippen LogP contribution is 2.42. The Balaban J connectivity index is 1.41. The summed E-state index contributed by atoms with van der Waals surface area (Å²) in [5.41, 5.74) is -0.734. The molecule has 0 aromatic carbocycles. The van der Waals surface area contributed by atoms with Gasteiger partial charge < -0.3 is 10.2 Å². The summed E-state index contributed by atoms with van der Waals surface area (Å²) in [6.45, 7) is 3.90. The lowest BCUT2D eigenvalue weighted by molar-refractivity contribution is -0.119. The topological polar surface area (TPSA) is 86.8 Å². The van der Waals surface area contributed by atoms with E-state index in [1.54, 1.807) is 0 Å². The van der Waals surface area contributed by atoms with Gasteiger partial charge in [-0.25, -0.2) is 0 Å². The second kappa shape index (κ2) is 6.52. The third kappa shape index (κ3) is 3.47. The Hall–Kier alpha value is -1.75. The molecule has 1 atom stereocenters. The fourth-order valence-corrected chi connectivity index (χ4v) is 4.29. The summed E-state index contributed by atoms with van der Waals surface area (Å²) >= 11 is 1.43. The van der Waals surface area contributed by atoms with Crippen LogP contribution in [0, 0.1) is 17.2 Å². The molecule has 1 amide bonds. The van der Waals surface area contributed by atoms with Gasteiger partial charge in [-0.1, -0.05) is 11.8 Å². The summed E-state index contributed by atoms with van der Waals surface area (Å²) in [6.07, 6.45) is 6.77. The van der Waals surface area contributed by atoms with E-state index in [2.05, 4.69) is 31.1 Å². The number of amides is 1. The monoisotopic (exact) mass is 360 g/mol. The van der Waals surface area contributed by atoms with Crippen LogP contribution in [0.5, 0.6) is 0 Å². The smallest absolute Gasteiger partial charge is 0.231 e. The van der Waals surface area contributed by atoms with Crippen LogP contribution in [0.25, 0.3) is 0 Å². The summed E-state index contributed by atoms with van der Waals surface area (Å²) in [4.78, 5) is 14.6. The van der Waals surface area contributed by atoms with Crippen LogP contribution in [0.15, 0.2) is 5.16 Å². The van der Waals surface area contributed by atoms with Crippen molar-refractivity contribution in [3.63, 3.8) is 0 Å². The van der Waals surface area contributed by atoms with Gasteiger partial charge in [-0.15, -0.1) is 10.2 Å². The van der Waals surface area contributed by atoms with Crippen LogP contribution < -0.4 is 10.2 Å². The Morgan fingerprint density at radius 3 is 2.64 bits per heavy atom. The van der Waals surface area contributed by atoms with Gasteiger partial charge in [0.2, 0.25) is 11.9 Å². The predicted octanol–water partition coefficient (Wildman–Crippen LogP) is 2.11. The third-order valence-corrected chi connectivity index (χ3v) is 6.25. The molecule has 3 aliphatic rings. The van der Waals surface area contributed by atoms with E-state index in [0.29, 0.717) is 12.0 Å². The zero-order chi connectivity index (χ0) is 17.4. The Morgan fingerprint density at radius 2 is 2.04 bits per heavy atom. The molecule has 1 aliphatic heterocycles. The zero-order valence-corrected chi connectivity index (χ0v) is 15.4. The third-order valence-electron chi connectivity index (χ3n) is 5.31. The summed E-state index contributed by atoms with van der Waals surface area (Å²) in [6, 6.07) is 2.75. The molecule has 4 rings (SSSR count). The van der Waals surface area contributed by atoms with E-state index in [-0.39, 0.29) is 11.7 Å². The number of nitrogens with one attached hydrogen (secondary N) is 1. The minimum Gasteiger partial charge on any atom is -0.341 e. The number of hydrogen-bond donors (Lipinski definition) is 1. The number of nitrogens with zero attached hydrogens (tertiary/aromatic N) is 5. The van der Waals surface area contributed by atoms with E-state index < -0.39 is 5.54 Å². The van der Waals surface area contributed by atoms with Gasteiger partial charge in [-0.05, 0) is 51.4 Å². The van der Waals surface area contributed by atoms with Gasteiger partial charge in [-0.3, -0.25) is 9.36 Å². The minimum atomic E-state index is -0.734. The van der Waals surface area contributed by atoms with E-state index in [1.807, 2.05) is 6.92 Å². The maximum Gasteiger partial charge on any atom is 0.231 e. The van der Waals surface area contributed by atoms with Gasteiger partial charge in [-0.2, -0.15) is 5.26 Å². The Morgan fingerprint density at radius 1 is 1.32 bits per heavy atom. The van der Waals surface area contributed by atoms with E-state index in [0.717, 1.165) is 49.9 Å². The first-order valence-electron chi connectivity index (χ1n) is 9.15. The Kier molecular flexibility index (Phi) is 4.36. The maximum atomic E-state index is 12.3. The van der Waals surface area contributed by atoms with Crippen molar-refractivity contribution >= 4 is 23.6 Å². The first-order valence-corrected chi connectivity index (χ1v) is 10.1. The number of rotatable bonds is 7. The van der Waals surface area contributed by atoms with Crippen LogP contribution in [0.2, 0.25) is 0 Å². The number of aromatic nitrogens is 3. The molecule has 1 aromatic heterocycles. The van der Waals surface area contributed by atoms with Crippen molar-refractivity contribution in [2.45, 2.75) is 62.2 Å². The fraction of sp³-hybridized carbons (Fsp3) is 0.765. The average molecular weight is 360 g/mol. The van der Waals surface area contributed by atoms with Gasteiger partial charge >= 0.3 is 0 Å². The number of anilines is 1. The van der Waals surface area contributed by atoms with Crippen LogP contribution in [0.4, 0.5) is 5.95 Å². The molecular formula is C17H24N6OS. The highest BCUT2D eigenvalue weighted by Gasteiger charge is 2.43. The first kappa shape index (κ1) is 16.7. The normalized spacial score (nSPS) is 22.5. The molecule has 134 valence electrons. The zero-order valence-electron chi connectivity index (χ0n) is 14.6. The molecule has 1 aromatic rings. The van der Waals surface area contributed by atoms with Crippen LogP contribution in [-0.4, -0.2) is 45.1 Å². The van der Waals surface area contributed by atoms with Crippen LogP contribution in [-0.2, 0) is 4.79 Å². The molecule has 7 nitrogen and oxygen atoms in total. The van der Waals surface area contributed by atoms with Gasteiger partial charge in [0.15, 0.2) is 5.16 Å². The number of carbonyl (C=O) groups excluding carboxylic acids is 1. The molecular weight excluding hydrogens is 336 g/mol. The minimum absolute atomic E-state index is 0.103. The van der Waals surface area contributed by atoms with Crippen molar-refractivity contribution in [2.24, 2.45) is 5.92 Å². The second-order valence-corrected chi connectivity index (χ2v) is 8.45. The summed E-state index contributed by atoms with van der Waals surface area (Å²) in [5, 5.41) is 21.9. The molecule has 0 bridgehead atoms. The van der Waals surface area contributed by atoms with Crippen molar-refractivity contribution in [1.29, 1.82) is 5.26 Å². The molecule has 1 N–H and O–H groups in total. The van der Waals surface area contributed by atoms with Crippen LogP contribution in [0.1, 0.15) is 51.5 Å². The van der Waals surface area contributed by atoms with Crippen LogP contribution >= 0.6 is 11.8 Å². The average Bonchev–Trinajstić information content (AvgIpc) is 3.53. The highest BCUT2D eigenvalue weighted by molar-refractivity contribution is 7.99. The lowest BCUT2D eigenvalue weighted by Gasteiger charge is -2.22. The molecule has 25 heavy (non-hydrogen) atoms. The summed E-state index contributed by atoms with van der Waals surface area (Å²) in [5.74, 6) is 1.43. The Bertz CT molecular complexity index is 698. The molecule has 0 spiro atoms. The van der Waals surface area contributed by atoms with Gasteiger partial charge in [0.25, 0.3) is 0 Å². The van der Waals surface area contributed by atoms with E-state index in [4.69, 9.17) is 0 Å². The van der Waals surface area contributed by atoms with E-state index >= 15 is 0 Å². The lowest BCUT2D eigenvalue weighted by atomic mass is 9.98. The number of thioether (sulfide) groups is 1. The van der Waals surface area contributed by atoms with Crippen molar-refractivity contribution < 1.29 is 4.79 Å². The molecule has 1 saturated heterocycles. The van der Waals surface area contributed by atoms with Gasteiger partial charge in [0, 0.05) is 19.1 Å². The largest absolute Gasteiger partial charge is 0.341 e. The lowest BCUT2D eigenvalue weighted by Crippen LogP contribution is -2.47. The number of carbonyl (C=O) groups is 1. The SMILES string of the molecule is CC(C#N)(NC(=O)CSc1nnc(N2CCCC2)n1C1CC1)C1CC1. The van der Waals surface area contributed by atoms with E-state index in [1.165, 1.54) is 24.6 Å². The summed E-state index contributed by atoms with van der Waals surface area (Å²) < 4.78 is 2.22. The van der Waals surface area contributed by atoms with Crippen molar-refractivity contribution in [3.8, 4) is 6.07 Å². The molecule has 2 saturated carbocycles. The first-order chi connectivity index (χ1) is 12.1. The predicted molar refractivity (Wildman–Crippen MR) is 95.3 cm³/mol. The fourth-order valence-electron chi connectivity index (χ4n) is 3.49. The van der Waals surface area contributed by atoms with Crippen molar-refractivity contribution in [1.82, 2.24) is 20.1 Å². The Labute approximate surface area is 152 Å². The number of nitriles is 1. The second-order valence-electron chi connectivity index (χ2n) is 7.50. The number of hydrogen-bond acceptors (Lipinski definition) is 6. The van der Waals surface area contributed by atoms with Gasteiger partial charge in [0.1, 0.15) is 5.54 Å². The quantitative estimate of drug-likeness (QED) is 0.750. The molecule has 2 aliphatic carbocycles. The van der Waals surface area contributed by atoms with Crippen molar-refractivity contribution in [2.75, 3.05) is 23.7 Å². The van der Waals surface area contributed by atoms with Crippen LogP contribution in [0.3, 0.4) is 0 Å².